The molecule has 1 N–H and O–H groups in total. The van der Waals surface area contributed by atoms with Crippen LogP contribution in [0.2, 0.25) is 15.1 Å². The van der Waals surface area contributed by atoms with Crippen LogP contribution in [-0.2, 0) is 16.0 Å². The zero-order chi connectivity index (χ0) is 22.0. The van der Waals surface area contributed by atoms with Crippen molar-refractivity contribution in [2.75, 3.05) is 32.8 Å². The minimum Gasteiger partial charge on any atom is -0.482 e. The molecule has 31 heavy (non-hydrogen) atoms. The van der Waals surface area contributed by atoms with Gasteiger partial charge in [-0.25, -0.2) is 0 Å². The molecule has 1 saturated heterocycles. The second-order valence-corrected chi connectivity index (χ2v) is 8.50. The van der Waals surface area contributed by atoms with Gasteiger partial charge in [-0.3, -0.25) is 9.59 Å². The number of H-pyrrole nitrogens is 1. The first-order valence-electron chi connectivity index (χ1n) is 9.80. The standard InChI is InChI=1S/C22H20Cl3N3O3/c23-16-10-18(25)20(11-17(16)24)31-13-22(30)28-7-5-27(6-8-28)21(29)9-14-12-26-19-4-2-1-3-15(14)19/h1-4,10-12,26H,5-9,13H2. The van der Waals surface area contributed by atoms with Gasteiger partial charge in [-0.1, -0.05) is 53.0 Å². The van der Waals surface area contributed by atoms with Crippen molar-refractivity contribution in [3.8, 4) is 5.75 Å². The lowest BCUT2D eigenvalue weighted by atomic mass is 10.1. The molecule has 0 saturated carbocycles. The highest BCUT2D eigenvalue weighted by molar-refractivity contribution is 6.43. The topological polar surface area (TPSA) is 65.6 Å². The molecule has 0 unspecified atom stereocenters. The molecule has 0 bridgehead atoms. The number of para-hydroxylation sites is 1. The maximum atomic E-state index is 12.7. The van der Waals surface area contributed by atoms with Gasteiger partial charge >= 0.3 is 0 Å². The number of fused-ring (bicyclic) bond motifs is 1. The summed E-state index contributed by atoms with van der Waals surface area (Å²) in [6, 6.07) is 10.9. The first-order valence-corrected chi connectivity index (χ1v) is 10.9. The molecule has 3 aromatic rings. The van der Waals surface area contributed by atoms with Crippen LogP contribution in [0.1, 0.15) is 5.56 Å². The zero-order valence-electron chi connectivity index (χ0n) is 16.5. The maximum Gasteiger partial charge on any atom is 0.260 e. The van der Waals surface area contributed by atoms with Crippen molar-refractivity contribution in [2.45, 2.75) is 6.42 Å². The van der Waals surface area contributed by atoms with Crippen LogP contribution < -0.4 is 4.74 Å². The molecule has 1 fully saturated rings. The highest BCUT2D eigenvalue weighted by atomic mass is 35.5. The number of nitrogens with zero attached hydrogens (tertiary/aromatic N) is 2. The molecule has 0 aliphatic carbocycles. The molecule has 2 heterocycles. The Kier molecular flexibility index (Phi) is 6.60. The number of amides is 2. The Morgan fingerprint density at radius 1 is 0.903 bits per heavy atom. The smallest absolute Gasteiger partial charge is 0.260 e. The summed E-state index contributed by atoms with van der Waals surface area (Å²) in [7, 11) is 0. The lowest BCUT2D eigenvalue weighted by molar-refractivity contribution is -0.140. The zero-order valence-corrected chi connectivity index (χ0v) is 18.8. The number of hydrogen-bond acceptors (Lipinski definition) is 3. The first-order chi connectivity index (χ1) is 14.9. The fraction of sp³-hybridized carbons (Fsp3) is 0.273. The summed E-state index contributed by atoms with van der Waals surface area (Å²) < 4.78 is 5.52. The van der Waals surface area contributed by atoms with Crippen LogP contribution in [0.25, 0.3) is 10.9 Å². The average Bonchev–Trinajstić information content (AvgIpc) is 3.18. The molecule has 4 rings (SSSR count). The van der Waals surface area contributed by atoms with E-state index in [4.69, 9.17) is 39.5 Å². The molecule has 162 valence electrons. The van der Waals surface area contributed by atoms with Crippen LogP contribution >= 0.6 is 34.8 Å². The van der Waals surface area contributed by atoms with Gasteiger partial charge in [-0.15, -0.1) is 0 Å². The van der Waals surface area contributed by atoms with Crippen molar-refractivity contribution in [2.24, 2.45) is 0 Å². The van der Waals surface area contributed by atoms with Crippen LogP contribution in [0.4, 0.5) is 0 Å². The van der Waals surface area contributed by atoms with Gasteiger partial charge in [0.15, 0.2) is 6.61 Å². The van der Waals surface area contributed by atoms with E-state index >= 15 is 0 Å². The van der Waals surface area contributed by atoms with Crippen LogP contribution in [0.5, 0.6) is 5.75 Å². The maximum absolute atomic E-state index is 12.7. The summed E-state index contributed by atoms with van der Waals surface area (Å²) in [6.07, 6.45) is 2.21. The second kappa shape index (κ2) is 9.39. The quantitative estimate of drug-likeness (QED) is 0.550. The van der Waals surface area contributed by atoms with Gasteiger partial charge in [0, 0.05) is 49.3 Å². The van der Waals surface area contributed by atoms with E-state index in [0.717, 1.165) is 16.5 Å². The molecule has 0 atom stereocenters. The van der Waals surface area contributed by atoms with E-state index < -0.39 is 0 Å². The molecule has 6 nitrogen and oxygen atoms in total. The summed E-state index contributed by atoms with van der Waals surface area (Å²) in [5, 5.41) is 1.97. The van der Waals surface area contributed by atoms with Crippen LogP contribution in [0.3, 0.4) is 0 Å². The highest BCUT2D eigenvalue weighted by Gasteiger charge is 2.25. The summed E-state index contributed by atoms with van der Waals surface area (Å²) >= 11 is 18.0. The molecule has 1 aliphatic rings. The average molecular weight is 481 g/mol. The number of rotatable bonds is 5. The number of ether oxygens (including phenoxy) is 1. The minimum absolute atomic E-state index is 0.0516. The Morgan fingerprint density at radius 2 is 1.55 bits per heavy atom. The molecule has 9 heteroatoms. The van der Waals surface area contributed by atoms with Crippen molar-refractivity contribution in [3.63, 3.8) is 0 Å². The summed E-state index contributed by atoms with van der Waals surface area (Å²) in [5.74, 6) is 0.179. The van der Waals surface area contributed by atoms with Gasteiger partial charge in [0.25, 0.3) is 5.91 Å². The van der Waals surface area contributed by atoms with Crippen molar-refractivity contribution in [1.82, 2.24) is 14.8 Å². The minimum atomic E-state index is -0.175. The molecule has 1 aliphatic heterocycles. The van der Waals surface area contributed by atoms with Crippen LogP contribution in [0.15, 0.2) is 42.6 Å². The van der Waals surface area contributed by atoms with Crippen LogP contribution in [-0.4, -0.2) is 59.4 Å². The van der Waals surface area contributed by atoms with Gasteiger partial charge in [0.1, 0.15) is 5.75 Å². The predicted molar refractivity (Wildman–Crippen MR) is 122 cm³/mol. The van der Waals surface area contributed by atoms with E-state index in [1.807, 2.05) is 30.5 Å². The Labute approximate surface area is 194 Å². The monoisotopic (exact) mass is 479 g/mol. The van der Waals surface area contributed by atoms with E-state index in [1.54, 1.807) is 9.80 Å². The molecular weight excluding hydrogens is 461 g/mol. The first kappa shape index (κ1) is 21.8. The summed E-state index contributed by atoms with van der Waals surface area (Å²) in [4.78, 5) is 31.9. The highest BCUT2D eigenvalue weighted by Crippen LogP contribution is 2.33. The summed E-state index contributed by atoms with van der Waals surface area (Å²) in [5.41, 5.74) is 1.99. The lowest BCUT2D eigenvalue weighted by Gasteiger charge is -2.34. The lowest BCUT2D eigenvalue weighted by Crippen LogP contribution is -2.52. The molecular formula is C22H20Cl3N3O3. The van der Waals surface area contributed by atoms with Crippen molar-refractivity contribution < 1.29 is 14.3 Å². The Bertz CT molecular complexity index is 1120. The van der Waals surface area contributed by atoms with Gasteiger partial charge in [-0.2, -0.15) is 0 Å². The SMILES string of the molecule is O=C(COc1cc(Cl)c(Cl)cc1Cl)N1CCN(C(=O)Cc2c[nH]c3ccccc23)CC1. The van der Waals surface area contributed by atoms with E-state index in [0.29, 0.717) is 48.4 Å². The molecule has 2 amide bonds. The van der Waals surface area contributed by atoms with Gasteiger partial charge in [0.05, 0.1) is 21.5 Å². The number of benzene rings is 2. The van der Waals surface area contributed by atoms with Gasteiger partial charge in [0.2, 0.25) is 5.91 Å². The van der Waals surface area contributed by atoms with E-state index in [2.05, 4.69) is 4.98 Å². The third-order valence-electron chi connectivity index (χ3n) is 5.33. The van der Waals surface area contributed by atoms with Crippen molar-refractivity contribution in [1.29, 1.82) is 0 Å². The van der Waals surface area contributed by atoms with Gasteiger partial charge < -0.3 is 19.5 Å². The van der Waals surface area contributed by atoms with E-state index in [1.165, 1.54) is 12.1 Å². The molecule has 0 radical (unpaired) electrons. The van der Waals surface area contributed by atoms with Gasteiger partial charge in [-0.05, 0) is 17.7 Å². The normalized spacial score (nSPS) is 14.2. The molecule has 0 spiro atoms. The number of halogens is 3. The van der Waals surface area contributed by atoms with E-state index in [-0.39, 0.29) is 23.4 Å². The number of nitrogens with one attached hydrogen (secondary N) is 1. The third-order valence-corrected chi connectivity index (χ3v) is 6.35. The van der Waals surface area contributed by atoms with Crippen molar-refractivity contribution >= 4 is 57.5 Å². The van der Waals surface area contributed by atoms with Crippen LogP contribution in [0, 0.1) is 0 Å². The fourth-order valence-electron chi connectivity index (χ4n) is 3.60. The number of aromatic amines is 1. The molecule has 2 aromatic carbocycles. The largest absolute Gasteiger partial charge is 0.482 e. The summed E-state index contributed by atoms with van der Waals surface area (Å²) in [6.45, 7) is 1.72. The molecule has 1 aromatic heterocycles. The number of piperazine rings is 1. The second-order valence-electron chi connectivity index (χ2n) is 7.28. The number of carbonyl (C=O) groups excluding carboxylic acids is 2. The Morgan fingerprint density at radius 3 is 2.29 bits per heavy atom. The predicted octanol–water partition coefficient (Wildman–Crippen LogP) is 4.42. The Balaban J connectivity index is 1.28. The number of carbonyl (C=O) groups is 2. The third kappa shape index (κ3) is 4.92. The fourth-order valence-corrected chi connectivity index (χ4v) is 4.19. The number of aromatic nitrogens is 1. The number of hydrogen-bond donors (Lipinski definition) is 1. The van der Waals surface area contributed by atoms with E-state index in [9.17, 15) is 9.59 Å². The van der Waals surface area contributed by atoms with Crippen molar-refractivity contribution in [3.05, 3.63) is 63.2 Å². The Hall–Kier alpha value is -2.41.